The van der Waals surface area contributed by atoms with Crippen molar-refractivity contribution in [2.45, 2.75) is 76.7 Å². The van der Waals surface area contributed by atoms with Gasteiger partial charge in [-0.2, -0.15) is 9.40 Å². The molecule has 0 aromatic carbocycles. The summed E-state index contributed by atoms with van der Waals surface area (Å²) in [5.41, 5.74) is 0.659. The first-order chi connectivity index (χ1) is 14.2. The minimum absolute atomic E-state index is 0.154. The lowest BCUT2D eigenvalue weighted by Crippen LogP contribution is -2.35. The Hall–Kier alpha value is -2.13. The molecule has 0 saturated carbocycles. The van der Waals surface area contributed by atoms with Crippen LogP contribution in [0, 0.1) is 0 Å². The van der Waals surface area contributed by atoms with Crippen molar-refractivity contribution in [2.75, 3.05) is 18.4 Å². The number of hydrogen-bond donors (Lipinski definition) is 1. The van der Waals surface area contributed by atoms with Gasteiger partial charge < -0.3 is 9.88 Å². The van der Waals surface area contributed by atoms with Crippen molar-refractivity contribution in [3.05, 3.63) is 29.7 Å². The normalized spacial score (nSPS) is 16.5. The van der Waals surface area contributed by atoms with Crippen LogP contribution in [0.25, 0.3) is 0 Å². The predicted octanol–water partition coefficient (Wildman–Crippen LogP) is 3.70. The Bertz CT molecular complexity index is 1060. The maximum atomic E-state index is 13.1. The Labute approximate surface area is 185 Å². The molecular formula is C22H35N5O3S. The molecule has 0 spiro atoms. The molecule has 0 bridgehead atoms. The largest absolute Gasteiger partial charge is 0.345 e. The Balaban J connectivity index is 1.91. The number of carbonyl (C=O) groups is 1. The maximum absolute atomic E-state index is 13.1. The van der Waals surface area contributed by atoms with Gasteiger partial charge in [0.1, 0.15) is 16.4 Å². The molecule has 0 radical (unpaired) electrons. The SMILES string of the molecule is Cn1cc(S(=O)(=O)N2CCCCC2)cc1C(=O)Nc1cc(C(C)(C)C)nn1C(C)(C)C. The van der Waals surface area contributed by atoms with Crippen molar-refractivity contribution >= 4 is 21.7 Å². The fraction of sp³-hybridized carbons (Fsp3) is 0.636. The summed E-state index contributed by atoms with van der Waals surface area (Å²) in [6.07, 6.45) is 4.30. The Morgan fingerprint density at radius 1 is 1.03 bits per heavy atom. The lowest BCUT2D eigenvalue weighted by molar-refractivity contribution is 0.101. The highest BCUT2D eigenvalue weighted by molar-refractivity contribution is 7.89. The number of amides is 1. The van der Waals surface area contributed by atoms with Crippen LogP contribution in [0.2, 0.25) is 0 Å². The van der Waals surface area contributed by atoms with Crippen molar-refractivity contribution in [1.29, 1.82) is 0 Å². The molecule has 1 aliphatic heterocycles. The highest BCUT2D eigenvalue weighted by Gasteiger charge is 2.30. The lowest BCUT2D eigenvalue weighted by atomic mass is 9.92. The molecular weight excluding hydrogens is 414 g/mol. The van der Waals surface area contributed by atoms with Gasteiger partial charge in [-0.15, -0.1) is 0 Å². The molecule has 1 fully saturated rings. The van der Waals surface area contributed by atoms with Crippen LogP contribution in [0.15, 0.2) is 23.2 Å². The molecule has 9 heteroatoms. The summed E-state index contributed by atoms with van der Waals surface area (Å²) < 4.78 is 30.9. The second-order valence-corrected chi connectivity index (χ2v) is 12.3. The van der Waals surface area contributed by atoms with Crippen molar-refractivity contribution < 1.29 is 13.2 Å². The fourth-order valence-electron chi connectivity index (χ4n) is 3.68. The third kappa shape index (κ3) is 4.87. The lowest BCUT2D eigenvalue weighted by Gasteiger charge is -2.25. The molecule has 0 atom stereocenters. The topological polar surface area (TPSA) is 89.2 Å². The molecule has 8 nitrogen and oxygen atoms in total. The predicted molar refractivity (Wildman–Crippen MR) is 122 cm³/mol. The molecule has 31 heavy (non-hydrogen) atoms. The van der Waals surface area contributed by atoms with Crippen molar-refractivity contribution in [3.63, 3.8) is 0 Å². The third-order valence-electron chi connectivity index (χ3n) is 5.52. The number of aryl methyl sites for hydroxylation is 1. The molecule has 1 N–H and O–H groups in total. The third-order valence-corrected chi connectivity index (χ3v) is 7.38. The van der Waals surface area contributed by atoms with Gasteiger partial charge in [0.2, 0.25) is 10.0 Å². The summed E-state index contributed by atoms with van der Waals surface area (Å²) in [5.74, 6) is 0.220. The molecule has 3 rings (SSSR count). The zero-order valence-electron chi connectivity index (χ0n) is 19.7. The van der Waals surface area contributed by atoms with E-state index in [-0.39, 0.29) is 27.5 Å². The maximum Gasteiger partial charge on any atom is 0.273 e. The standard InChI is InChI=1S/C22H35N5O3S/c1-21(2,3)18-14-19(27(24-18)22(4,5)6)23-20(28)17-13-16(15-25(17)7)31(29,30)26-11-9-8-10-12-26/h13-15H,8-12H2,1-7H3,(H,23,28). The number of piperidine rings is 1. The van der Waals surface area contributed by atoms with Crippen LogP contribution >= 0.6 is 0 Å². The number of aromatic nitrogens is 3. The van der Waals surface area contributed by atoms with Gasteiger partial charge in [-0.05, 0) is 39.7 Å². The highest BCUT2D eigenvalue weighted by atomic mass is 32.2. The number of anilines is 1. The van der Waals surface area contributed by atoms with Gasteiger partial charge in [-0.1, -0.05) is 27.2 Å². The zero-order valence-corrected chi connectivity index (χ0v) is 20.5. The van der Waals surface area contributed by atoms with Crippen molar-refractivity contribution in [3.8, 4) is 0 Å². The number of sulfonamides is 1. The van der Waals surface area contributed by atoms with Gasteiger partial charge in [0.25, 0.3) is 5.91 Å². The molecule has 2 aromatic rings. The van der Waals surface area contributed by atoms with Crippen LogP contribution in [0.3, 0.4) is 0 Å². The zero-order chi connectivity index (χ0) is 23.2. The monoisotopic (exact) mass is 449 g/mol. The first-order valence-electron chi connectivity index (χ1n) is 10.8. The average molecular weight is 450 g/mol. The number of carbonyl (C=O) groups excluding carboxylic acids is 1. The van der Waals surface area contributed by atoms with Crippen molar-refractivity contribution in [1.82, 2.24) is 18.7 Å². The summed E-state index contributed by atoms with van der Waals surface area (Å²) in [5, 5.41) is 7.66. The quantitative estimate of drug-likeness (QED) is 0.771. The minimum Gasteiger partial charge on any atom is -0.345 e. The van der Waals surface area contributed by atoms with Crippen LogP contribution in [0.5, 0.6) is 0 Å². The Morgan fingerprint density at radius 3 is 2.19 bits per heavy atom. The van der Waals surface area contributed by atoms with Gasteiger partial charge in [-0.3, -0.25) is 4.79 Å². The number of nitrogens with zero attached hydrogens (tertiary/aromatic N) is 4. The van der Waals surface area contributed by atoms with Crippen LogP contribution < -0.4 is 5.32 Å². The molecule has 1 amide bonds. The first-order valence-corrected chi connectivity index (χ1v) is 12.2. The molecule has 2 aromatic heterocycles. The first kappa shape index (κ1) is 23.5. The molecule has 172 valence electrons. The number of hydrogen-bond acceptors (Lipinski definition) is 4. The van der Waals surface area contributed by atoms with E-state index in [1.54, 1.807) is 16.3 Å². The van der Waals surface area contributed by atoms with E-state index in [4.69, 9.17) is 5.10 Å². The summed E-state index contributed by atoms with van der Waals surface area (Å²) in [4.78, 5) is 13.3. The summed E-state index contributed by atoms with van der Waals surface area (Å²) in [6.45, 7) is 13.3. The van der Waals surface area contributed by atoms with Crippen molar-refractivity contribution in [2.24, 2.45) is 7.05 Å². The van der Waals surface area contributed by atoms with Gasteiger partial charge in [0, 0.05) is 37.8 Å². The summed E-state index contributed by atoms with van der Waals surface area (Å²) in [6, 6.07) is 3.35. The smallest absolute Gasteiger partial charge is 0.273 e. The van der Waals surface area contributed by atoms with Crippen LogP contribution in [0.4, 0.5) is 5.82 Å². The fourth-order valence-corrected chi connectivity index (χ4v) is 5.27. The van der Waals surface area contributed by atoms with Gasteiger partial charge in [0.15, 0.2) is 0 Å². The highest BCUT2D eigenvalue weighted by Crippen LogP contribution is 2.29. The van der Waals surface area contributed by atoms with Crippen LogP contribution in [-0.4, -0.2) is 46.1 Å². The van der Waals surface area contributed by atoms with Crippen LogP contribution in [-0.2, 0) is 28.0 Å². The number of nitrogens with one attached hydrogen (secondary N) is 1. The molecule has 1 saturated heterocycles. The van der Waals surface area contributed by atoms with E-state index in [9.17, 15) is 13.2 Å². The van der Waals surface area contributed by atoms with E-state index < -0.39 is 10.0 Å². The minimum atomic E-state index is -3.60. The van der Waals surface area contributed by atoms with E-state index >= 15 is 0 Å². The average Bonchev–Trinajstić information content (AvgIpc) is 3.26. The molecule has 1 aliphatic rings. The molecule has 0 aliphatic carbocycles. The van der Waals surface area contributed by atoms with E-state index in [0.717, 1.165) is 25.0 Å². The molecule has 0 unspecified atom stereocenters. The second kappa shape index (κ2) is 8.09. The van der Waals surface area contributed by atoms with E-state index in [2.05, 4.69) is 26.1 Å². The Morgan fingerprint density at radius 2 is 1.65 bits per heavy atom. The second-order valence-electron chi connectivity index (χ2n) is 10.3. The van der Waals surface area contributed by atoms with Gasteiger partial charge >= 0.3 is 0 Å². The van der Waals surface area contributed by atoms with E-state index in [0.29, 0.717) is 18.9 Å². The summed E-state index contributed by atoms with van der Waals surface area (Å²) in [7, 11) is -1.92. The number of rotatable bonds is 4. The summed E-state index contributed by atoms with van der Waals surface area (Å²) >= 11 is 0. The van der Waals surface area contributed by atoms with Gasteiger partial charge in [0.05, 0.1) is 11.2 Å². The Kier molecular flexibility index (Phi) is 6.14. The van der Waals surface area contributed by atoms with Gasteiger partial charge in [-0.25, -0.2) is 13.1 Å². The van der Waals surface area contributed by atoms with Crippen LogP contribution in [0.1, 0.15) is 77.0 Å². The molecule has 3 heterocycles. The van der Waals surface area contributed by atoms with E-state index in [1.807, 2.05) is 26.8 Å². The van der Waals surface area contributed by atoms with E-state index in [1.165, 1.54) is 16.6 Å².